The summed E-state index contributed by atoms with van der Waals surface area (Å²) in [5, 5.41) is 0. The lowest BCUT2D eigenvalue weighted by Gasteiger charge is -2.09. The Morgan fingerprint density at radius 2 is 1.81 bits per heavy atom. The van der Waals surface area contributed by atoms with Crippen LogP contribution in [-0.2, 0) is 15.0 Å². The van der Waals surface area contributed by atoms with Crippen molar-refractivity contribution in [3.8, 4) is 0 Å². The third-order valence-electron chi connectivity index (χ3n) is 1.75. The van der Waals surface area contributed by atoms with E-state index >= 15 is 0 Å². The molecule has 0 aliphatic rings. The molecule has 0 saturated heterocycles. The molecule has 3 nitrogen and oxygen atoms in total. The first-order chi connectivity index (χ1) is 7.30. The maximum absolute atomic E-state index is 12.6. The van der Waals surface area contributed by atoms with Crippen molar-refractivity contribution in [2.45, 2.75) is 24.8 Å². The van der Waals surface area contributed by atoms with Gasteiger partial charge in [0.2, 0.25) is 0 Å². The van der Waals surface area contributed by atoms with Crippen LogP contribution in [0.5, 0.6) is 0 Å². The maximum atomic E-state index is 12.6. The van der Waals surface area contributed by atoms with Gasteiger partial charge < -0.3 is 4.74 Å². The number of ether oxygens (including phenoxy) is 1. The molecule has 0 amide bonds. The van der Waals surface area contributed by atoms with E-state index in [1.54, 1.807) is 0 Å². The van der Waals surface area contributed by atoms with Crippen LogP contribution in [0, 0.1) is 0 Å². The van der Waals surface area contributed by atoms with Crippen molar-refractivity contribution < 1.29 is 17.0 Å². The van der Waals surface area contributed by atoms with Gasteiger partial charge in [0.05, 0.1) is 11.0 Å². The van der Waals surface area contributed by atoms with Gasteiger partial charge in [-0.15, -0.1) is 3.89 Å². The summed E-state index contributed by atoms with van der Waals surface area (Å²) < 4.78 is 39.1. The number of hydrogen-bond donors (Lipinski definition) is 0. The van der Waals surface area contributed by atoms with Gasteiger partial charge in [-0.2, -0.15) is 8.42 Å². The molecule has 0 N–H and O–H groups in total. The smallest absolute Gasteiger partial charge is 0.332 e. The number of halogens is 1. The van der Waals surface area contributed by atoms with Gasteiger partial charge in [-0.1, -0.05) is 21.0 Å². The molecule has 0 unspecified atom stereocenters. The topological polar surface area (TPSA) is 43.4 Å². The molecule has 0 radical (unpaired) electrons. The summed E-state index contributed by atoms with van der Waals surface area (Å²) in [4.78, 5) is -0.361. The Labute approximate surface area is 96.7 Å². The molecule has 0 atom stereocenters. The first-order valence-electron chi connectivity index (χ1n) is 4.61. The molecule has 0 fully saturated rings. The van der Waals surface area contributed by atoms with Crippen LogP contribution in [0.4, 0.5) is 3.89 Å². The van der Waals surface area contributed by atoms with Gasteiger partial charge in [0.1, 0.15) is 5.48 Å². The van der Waals surface area contributed by atoms with E-state index in [-0.39, 0.29) is 11.0 Å². The van der Waals surface area contributed by atoms with Gasteiger partial charge in [-0.05, 0) is 26.0 Å². The summed E-state index contributed by atoms with van der Waals surface area (Å²) in [5.41, 5.74) is 1.13. The van der Waals surface area contributed by atoms with Crippen molar-refractivity contribution in [2.75, 3.05) is 0 Å². The molecular weight excluding hydrogens is 250 g/mol. The van der Waals surface area contributed by atoms with Crippen LogP contribution in [0.2, 0.25) is 0 Å². The quantitative estimate of drug-likeness (QED) is 0.618. The summed E-state index contributed by atoms with van der Waals surface area (Å²) in [7, 11) is -1.37. The fraction of sp³-hybridized carbons (Fsp3) is 0.300. The Morgan fingerprint density at radius 1 is 1.31 bits per heavy atom. The predicted octanol–water partition coefficient (Wildman–Crippen LogP) is 2.39. The van der Waals surface area contributed by atoms with Crippen molar-refractivity contribution >= 4 is 24.6 Å². The second-order valence-corrected chi connectivity index (χ2v) is 5.26. The van der Waals surface area contributed by atoms with Gasteiger partial charge in [0.15, 0.2) is 0 Å². The average Bonchev–Trinajstić information content (AvgIpc) is 2.15. The normalized spacial score (nSPS) is 11.8. The molecule has 6 heteroatoms. The van der Waals surface area contributed by atoms with E-state index in [0.29, 0.717) is 11.0 Å². The Bertz CT molecular complexity index is 479. The van der Waals surface area contributed by atoms with E-state index in [9.17, 15) is 12.3 Å². The minimum absolute atomic E-state index is 0.00270. The van der Waals surface area contributed by atoms with Gasteiger partial charge in [-0.3, -0.25) is 0 Å². The zero-order chi connectivity index (χ0) is 12.3. The number of hydrogen-bond acceptors (Lipinski definition) is 3. The van der Waals surface area contributed by atoms with Crippen LogP contribution in [-0.4, -0.2) is 20.0 Å². The lowest BCUT2D eigenvalue weighted by molar-refractivity contribution is 0.236. The predicted molar refractivity (Wildman–Crippen MR) is 63.4 cm³/mol. The third kappa shape index (κ3) is 3.67. The van der Waals surface area contributed by atoms with Crippen molar-refractivity contribution in [3.63, 3.8) is 0 Å². The highest BCUT2D eigenvalue weighted by molar-refractivity contribution is 7.86. The number of benzene rings is 1. The highest BCUT2D eigenvalue weighted by atomic mass is 32.3. The summed E-state index contributed by atoms with van der Waals surface area (Å²) >= 11 is 0. The molecular formula is C10H12FO3PS. The van der Waals surface area contributed by atoms with E-state index < -0.39 is 10.2 Å². The second kappa shape index (κ2) is 5.04. The molecule has 1 aromatic rings. The van der Waals surface area contributed by atoms with Gasteiger partial charge >= 0.3 is 10.2 Å². The summed E-state index contributed by atoms with van der Waals surface area (Å²) in [5.74, 6) is 0. The lowest BCUT2D eigenvalue weighted by atomic mass is 10.2. The molecule has 0 saturated carbocycles. The largest absolute Gasteiger partial charge is 0.339 e. The first-order valence-corrected chi connectivity index (χ1v) is 6.49. The van der Waals surface area contributed by atoms with Crippen molar-refractivity contribution in [3.05, 3.63) is 29.8 Å². The molecule has 0 heterocycles. The first kappa shape index (κ1) is 13.3. The minimum atomic E-state index is -4.63. The molecule has 16 heavy (non-hydrogen) atoms. The maximum Gasteiger partial charge on any atom is 0.332 e. The Hall–Kier alpha value is -0.770. The Balaban J connectivity index is 2.92. The van der Waals surface area contributed by atoms with Crippen LogP contribution in [0.25, 0.3) is 0 Å². The molecule has 0 aliphatic heterocycles. The van der Waals surface area contributed by atoms with E-state index in [1.807, 2.05) is 13.8 Å². The zero-order valence-electron chi connectivity index (χ0n) is 8.90. The van der Waals surface area contributed by atoms with Gasteiger partial charge in [-0.25, -0.2) is 0 Å². The minimum Gasteiger partial charge on any atom is -0.339 e. The number of rotatable bonds is 4. The van der Waals surface area contributed by atoms with Crippen LogP contribution in [0.3, 0.4) is 0 Å². The summed E-state index contributed by atoms with van der Waals surface area (Å²) in [6.07, 6.45) is -0.00270. The standard InChI is InChI=1S/C10H12FO3PS/c1-7(2)14-10(15)8-3-5-9(6-4-8)16(11,12)13/h3-7,15H,1-2H3. The SMILES string of the molecule is CC(C)OC(=P)c1ccc(S(=O)(=O)F)cc1. The van der Waals surface area contributed by atoms with Crippen LogP contribution in [0.15, 0.2) is 29.2 Å². The molecule has 0 aliphatic carbocycles. The van der Waals surface area contributed by atoms with Crippen molar-refractivity contribution in [1.29, 1.82) is 0 Å². The molecule has 88 valence electrons. The monoisotopic (exact) mass is 262 g/mol. The van der Waals surface area contributed by atoms with Gasteiger partial charge in [0, 0.05) is 5.56 Å². The van der Waals surface area contributed by atoms with Gasteiger partial charge in [0.25, 0.3) is 0 Å². The lowest BCUT2D eigenvalue weighted by Crippen LogP contribution is -2.10. The fourth-order valence-electron chi connectivity index (χ4n) is 1.07. The molecule has 1 aromatic carbocycles. The van der Waals surface area contributed by atoms with E-state index in [0.717, 1.165) is 0 Å². The highest BCUT2D eigenvalue weighted by Crippen LogP contribution is 2.14. The molecule has 0 spiro atoms. The van der Waals surface area contributed by atoms with Crippen LogP contribution < -0.4 is 0 Å². The van der Waals surface area contributed by atoms with Crippen molar-refractivity contribution in [1.82, 2.24) is 0 Å². The highest BCUT2D eigenvalue weighted by Gasteiger charge is 2.12. The zero-order valence-corrected chi connectivity index (χ0v) is 10.7. The average molecular weight is 262 g/mol. The van der Waals surface area contributed by atoms with E-state index in [2.05, 4.69) is 8.86 Å². The molecule has 1 rings (SSSR count). The van der Waals surface area contributed by atoms with Crippen LogP contribution >= 0.6 is 8.86 Å². The Morgan fingerprint density at radius 3 is 2.19 bits per heavy atom. The molecule has 0 bridgehead atoms. The van der Waals surface area contributed by atoms with Crippen molar-refractivity contribution in [2.24, 2.45) is 0 Å². The van der Waals surface area contributed by atoms with E-state index in [1.165, 1.54) is 24.3 Å². The second-order valence-electron chi connectivity index (χ2n) is 3.46. The van der Waals surface area contributed by atoms with Crippen LogP contribution in [0.1, 0.15) is 19.4 Å². The Kier molecular flexibility index (Phi) is 4.19. The van der Waals surface area contributed by atoms with E-state index in [4.69, 9.17) is 4.74 Å². The summed E-state index contributed by atoms with van der Waals surface area (Å²) in [6.45, 7) is 3.72. The third-order valence-corrected chi connectivity index (χ3v) is 2.99. The summed E-state index contributed by atoms with van der Waals surface area (Å²) in [6, 6.07) is 5.32. The molecule has 0 aromatic heterocycles. The fourth-order valence-corrected chi connectivity index (χ4v) is 1.94.